The summed E-state index contributed by atoms with van der Waals surface area (Å²) in [5.74, 6) is 0. The smallest absolute Gasteiger partial charge is 0.0579 e. The first-order valence-electron chi connectivity index (χ1n) is 7.22. The minimum absolute atomic E-state index is 0.772. The largest absolute Gasteiger partial charge is 0.397 e. The Labute approximate surface area is 125 Å². The van der Waals surface area contributed by atoms with Crippen LogP contribution in [0.5, 0.6) is 0 Å². The van der Waals surface area contributed by atoms with Crippen LogP contribution in [0.15, 0.2) is 54.6 Å². The van der Waals surface area contributed by atoms with Crippen molar-refractivity contribution in [3.8, 4) is 0 Å². The molecule has 0 bridgehead atoms. The van der Waals surface area contributed by atoms with E-state index in [0.29, 0.717) is 0 Å². The second-order valence-corrected chi connectivity index (χ2v) is 5.52. The van der Waals surface area contributed by atoms with Crippen molar-refractivity contribution in [3.05, 3.63) is 71.3 Å². The maximum atomic E-state index is 6.10. The summed E-state index contributed by atoms with van der Waals surface area (Å²) in [7, 11) is 0. The van der Waals surface area contributed by atoms with Crippen LogP contribution in [0.2, 0.25) is 0 Å². The molecule has 0 aliphatic heterocycles. The van der Waals surface area contributed by atoms with Crippen LogP contribution in [-0.4, -0.2) is 0 Å². The summed E-state index contributed by atoms with van der Waals surface area (Å²) in [5.41, 5.74) is 11.7. The number of hydrogen-bond donors (Lipinski definition) is 2. The fourth-order valence-corrected chi connectivity index (χ4v) is 2.63. The first-order chi connectivity index (χ1) is 10.1. The van der Waals surface area contributed by atoms with E-state index < -0.39 is 0 Å². The van der Waals surface area contributed by atoms with Gasteiger partial charge in [0.2, 0.25) is 0 Å². The highest BCUT2D eigenvalue weighted by Crippen LogP contribution is 2.25. The normalized spacial score (nSPS) is 10.8. The Morgan fingerprint density at radius 3 is 2.48 bits per heavy atom. The quantitative estimate of drug-likeness (QED) is 0.683. The number of nitrogen functional groups attached to an aromatic ring is 1. The molecule has 106 valence electrons. The standard InChI is InChI=1S/C19H20N2/c1-13-10-18(20)19(11-14(13)2)21-12-16-8-5-7-15-6-3-4-9-17(15)16/h3-11,21H,12,20H2,1-2H3. The summed E-state index contributed by atoms with van der Waals surface area (Å²) < 4.78 is 0. The number of anilines is 2. The zero-order valence-electron chi connectivity index (χ0n) is 12.5. The molecule has 0 unspecified atom stereocenters. The van der Waals surface area contributed by atoms with Gasteiger partial charge in [0.25, 0.3) is 0 Å². The fourth-order valence-electron chi connectivity index (χ4n) is 2.63. The van der Waals surface area contributed by atoms with E-state index in [1.807, 2.05) is 6.07 Å². The third-order valence-electron chi connectivity index (χ3n) is 4.02. The van der Waals surface area contributed by atoms with Gasteiger partial charge in [0.1, 0.15) is 0 Å². The lowest BCUT2D eigenvalue weighted by atomic mass is 10.0. The topological polar surface area (TPSA) is 38.0 Å². The van der Waals surface area contributed by atoms with Gasteiger partial charge >= 0.3 is 0 Å². The number of hydrogen-bond acceptors (Lipinski definition) is 2. The highest BCUT2D eigenvalue weighted by atomic mass is 14.9. The first kappa shape index (κ1) is 13.5. The molecule has 0 atom stereocenters. The molecule has 0 heterocycles. The molecule has 2 heteroatoms. The van der Waals surface area contributed by atoms with Crippen molar-refractivity contribution in [2.24, 2.45) is 0 Å². The van der Waals surface area contributed by atoms with Crippen LogP contribution in [-0.2, 0) is 6.54 Å². The van der Waals surface area contributed by atoms with Crippen LogP contribution in [0.25, 0.3) is 10.8 Å². The van der Waals surface area contributed by atoms with Crippen molar-refractivity contribution in [3.63, 3.8) is 0 Å². The molecule has 0 saturated heterocycles. The number of rotatable bonds is 3. The first-order valence-corrected chi connectivity index (χ1v) is 7.22. The lowest BCUT2D eigenvalue weighted by Crippen LogP contribution is -2.04. The summed E-state index contributed by atoms with van der Waals surface area (Å²) in [4.78, 5) is 0. The van der Waals surface area contributed by atoms with E-state index in [0.717, 1.165) is 17.9 Å². The highest BCUT2D eigenvalue weighted by Gasteiger charge is 2.04. The molecule has 0 radical (unpaired) electrons. The molecule has 0 fully saturated rings. The van der Waals surface area contributed by atoms with Gasteiger partial charge in [-0.25, -0.2) is 0 Å². The van der Waals surface area contributed by atoms with Crippen molar-refractivity contribution in [2.75, 3.05) is 11.1 Å². The third-order valence-corrected chi connectivity index (χ3v) is 4.02. The molecule has 0 spiro atoms. The van der Waals surface area contributed by atoms with E-state index in [-0.39, 0.29) is 0 Å². The lowest BCUT2D eigenvalue weighted by molar-refractivity contribution is 1.16. The van der Waals surface area contributed by atoms with Crippen molar-refractivity contribution >= 4 is 22.1 Å². The van der Waals surface area contributed by atoms with E-state index in [1.165, 1.54) is 27.5 Å². The average molecular weight is 276 g/mol. The zero-order chi connectivity index (χ0) is 14.8. The Morgan fingerprint density at radius 2 is 1.62 bits per heavy atom. The van der Waals surface area contributed by atoms with Gasteiger partial charge in [0, 0.05) is 6.54 Å². The van der Waals surface area contributed by atoms with Crippen molar-refractivity contribution in [1.82, 2.24) is 0 Å². The maximum Gasteiger partial charge on any atom is 0.0579 e. The van der Waals surface area contributed by atoms with Crippen LogP contribution in [0, 0.1) is 13.8 Å². The van der Waals surface area contributed by atoms with E-state index in [1.54, 1.807) is 0 Å². The maximum absolute atomic E-state index is 6.10. The second-order valence-electron chi connectivity index (χ2n) is 5.52. The summed E-state index contributed by atoms with van der Waals surface area (Å²) >= 11 is 0. The molecular formula is C19H20N2. The third kappa shape index (κ3) is 2.70. The molecule has 0 saturated carbocycles. The van der Waals surface area contributed by atoms with Crippen LogP contribution in [0.4, 0.5) is 11.4 Å². The number of nitrogens with two attached hydrogens (primary N) is 1. The summed E-state index contributed by atoms with van der Waals surface area (Å²) in [6, 6.07) is 19.0. The van der Waals surface area contributed by atoms with Crippen LogP contribution in [0.1, 0.15) is 16.7 Å². The Hall–Kier alpha value is -2.48. The minimum Gasteiger partial charge on any atom is -0.397 e. The molecule has 3 aromatic rings. The predicted octanol–water partition coefficient (Wildman–Crippen LogP) is 4.65. The molecule has 0 aliphatic rings. The summed E-state index contributed by atoms with van der Waals surface area (Å²) in [6.45, 7) is 4.96. The van der Waals surface area contributed by atoms with Crippen LogP contribution < -0.4 is 11.1 Å². The van der Waals surface area contributed by atoms with Gasteiger partial charge in [-0.3, -0.25) is 0 Å². The molecule has 0 amide bonds. The van der Waals surface area contributed by atoms with Gasteiger partial charge in [0.15, 0.2) is 0 Å². The SMILES string of the molecule is Cc1cc(N)c(NCc2cccc3ccccc23)cc1C. The molecule has 0 aliphatic carbocycles. The predicted molar refractivity (Wildman–Crippen MR) is 91.6 cm³/mol. The van der Waals surface area contributed by atoms with Gasteiger partial charge in [-0.05, 0) is 53.4 Å². The Kier molecular flexibility index (Phi) is 3.53. The fraction of sp³-hybridized carbons (Fsp3) is 0.158. The number of nitrogens with one attached hydrogen (secondary N) is 1. The zero-order valence-corrected chi connectivity index (χ0v) is 12.5. The number of benzene rings is 3. The highest BCUT2D eigenvalue weighted by molar-refractivity contribution is 5.86. The number of fused-ring (bicyclic) bond motifs is 1. The Bertz CT molecular complexity index is 785. The van der Waals surface area contributed by atoms with E-state index in [4.69, 9.17) is 5.73 Å². The van der Waals surface area contributed by atoms with Crippen molar-refractivity contribution in [1.29, 1.82) is 0 Å². The van der Waals surface area contributed by atoms with E-state index in [2.05, 4.69) is 67.7 Å². The lowest BCUT2D eigenvalue weighted by Gasteiger charge is -2.13. The van der Waals surface area contributed by atoms with Crippen molar-refractivity contribution in [2.45, 2.75) is 20.4 Å². The van der Waals surface area contributed by atoms with Gasteiger partial charge < -0.3 is 11.1 Å². The van der Waals surface area contributed by atoms with E-state index in [9.17, 15) is 0 Å². The van der Waals surface area contributed by atoms with Crippen LogP contribution in [0.3, 0.4) is 0 Å². The summed E-state index contributed by atoms with van der Waals surface area (Å²) in [6.07, 6.45) is 0. The minimum atomic E-state index is 0.772. The van der Waals surface area contributed by atoms with Gasteiger partial charge in [-0.2, -0.15) is 0 Å². The Balaban J connectivity index is 1.89. The monoisotopic (exact) mass is 276 g/mol. The second kappa shape index (κ2) is 5.49. The van der Waals surface area contributed by atoms with Gasteiger partial charge in [0.05, 0.1) is 11.4 Å². The molecule has 3 rings (SSSR count). The molecule has 3 N–H and O–H groups in total. The van der Waals surface area contributed by atoms with Crippen LogP contribution >= 0.6 is 0 Å². The van der Waals surface area contributed by atoms with Crippen molar-refractivity contribution < 1.29 is 0 Å². The summed E-state index contributed by atoms with van der Waals surface area (Å²) in [5, 5.41) is 6.02. The molecule has 21 heavy (non-hydrogen) atoms. The van der Waals surface area contributed by atoms with Gasteiger partial charge in [-0.1, -0.05) is 42.5 Å². The molecule has 2 nitrogen and oxygen atoms in total. The molecule has 3 aromatic carbocycles. The molecular weight excluding hydrogens is 256 g/mol. The Morgan fingerprint density at radius 1 is 0.905 bits per heavy atom. The van der Waals surface area contributed by atoms with E-state index >= 15 is 0 Å². The molecule has 0 aromatic heterocycles. The average Bonchev–Trinajstić information content (AvgIpc) is 2.49. The van der Waals surface area contributed by atoms with Gasteiger partial charge in [-0.15, -0.1) is 0 Å². The number of aryl methyl sites for hydroxylation is 2.